The number of carbonyl (C=O) groups is 1. The predicted molar refractivity (Wildman–Crippen MR) is 97.9 cm³/mol. The van der Waals surface area contributed by atoms with Crippen molar-refractivity contribution in [2.45, 2.75) is 43.8 Å². The largest absolute Gasteiger partial charge is 0.349 e. The lowest BCUT2D eigenvalue weighted by Crippen LogP contribution is -2.31. The van der Waals surface area contributed by atoms with Crippen LogP contribution in [-0.4, -0.2) is 21.5 Å². The summed E-state index contributed by atoms with van der Waals surface area (Å²) in [5, 5.41) is 11.3. The van der Waals surface area contributed by atoms with E-state index in [-0.39, 0.29) is 11.9 Å². The third kappa shape index (κ3) is 4.96. The first-order valence-corrected chi connectivity index (χ1v) is 8.67. The molecule has 0 saturated carbocycles. The third-order valence-electron chi connectivity index (χ3n) is 4.37. The normalized spacial score (nSPS) is 15.0. The lowest BCUT2D eigenvalue weighted by Gasteiger charge is -2.19. The average Bonchev–Trinajstić information content (AvgIpc) is 3.46. The van der Waals surface area contributed by atoms with Gasteiger partial charge in [-0.2, -0.15) is 10.2 Å². The molecule has 0 aromatic carbocycles. The molecule has 0 spiro atoms. The molecule has 6 heteroatoms. The van der Waals surface area contributed by atoms with Crippen LogP contribution in [0.4, 0.5) is 0 Å². The van der Waals surface area contributed by atoms with Crippen molar-refractivity contribution in [1.29, 1.82) is 0 Å². The van der Waals surface area contributed by atoms with Crippen LogP contribution < -0.4 is 5.32 Å². The summed E-state index contributed by atoms with van der Waals surface area (Å²) in [6, 6.07) is 9.41. The van der Waals surface area contributed by atoms with Crippen molar-refractivity contribution in [2.24, 2.45) is 10.2 Å². The number of nitrogens with one attached hydrogen (secondary N) is 1. The van der Waals surface area contributed by atoms with Crippen molar-refractivity contribution in [3.05, 3.63) is 60.2 Å². The maximum atomic E-state index is 12.5. The van der Waals surface area contributed by atoms with E-state index in [4.69, 9.17) is 6.42 Å². The van der Waals surface area contributed by atoms with E-state index in [9.17, 15) is 4.79 Å². The van der Waals surface area contributed by atoms with Gasteiger partial charge in [0, 0.05) is 56.4 Å². The van der Waals surface area contributed by atoms with Gasteiger partial charge in [0.1, 0.15) is 0 Å². The van der Waals surface area contributed by atoms with E-state index in [1.807, 2.05) is 30.3 Å². The molecule has 0 radical (unpaired) electrons. The number of amides is 1. The molecule has 3 rings (SSSR count). The molecule has 1 aliphatic rings. The Balaban J connectivity index is 1.60. The van der Waals surface area contributed by atoms with Gasteiger partial charge < -0.3 is 5.32 Å². The second-order valence-corrected chi connectivity index (χ2v) is 6.32. The first kappa shape index (κ1) is 17.7. The molecule has 132 valence electrons. The van der Waals surface area contributed by atoms with Crippen molar-refractivity contribution in [2.75, 3.05) is 0 Å². The Hall–Kier alpha value is -3.07. The van der Waals surface area contributed by atoms with Crippen LogP contribution in [0, 0.1) is 12.3 Å². The zero-order chi connectivity index (χ0) is 18.2. The van der Waals surface area contributed by atoms with Gasteiger partial charge in [-0.25, -0.2) is 0 Å². The number of terminal acetylenes is 1. The number of rotatable bonds is 9. The molecule has 2 aromatic heterocycles. The minimum Gasteiger partial charge on any atom is -0.349 e. The van der Waals surface area contributed by atoms with Gasteiger partial charge in [-0.3, -0.25) is 14.8 Å². The van der Waals surface area contributed by atoms with E-state index in [1.165, 1.54) is 0 Å². The zero-order valence-corrected chi connectivity index (χ0v) is 14.5. The second kappa shape index (κ2) is 8.34. The summed E-state index contributed by atoms with van der Waals surface area (Å²) in [6.07, 6.45) is 13.4. The molecule has 0 saturated heterocycles. The van der Waals surface area contributed by atoms with Crippen molar-refractivity contribution in [3.63, 3.8) is 0 Å². The second-order valence-electron chi connectivity index (χ2n) is 6.32. The molecule has 0 fully saturated rings. The Bertz CT molecular complexity index is 792. The highest BCUT2D eigenvalue weighted by Crippen LogP contribution is 2.37. The van der Waals surface area contributed by atoms with E-state index in [0.717, 1.165) is 11.3 Å². The summed E-state index contributed by atoms with van der Waals surface area (Å²) >= 11 is 0. The highest BCUT2D eigenvalue weighted by molar-refractivity contribution is 5.76. The van der Waals surface area contributed by atoms with Crippen molar-refractivity contribution < 1.29 is 4.79 Å². The maximum Gasteiger partial charge on any atom is 0.220 e. The van der Waals surface area contributed by atoms with Crippen LogP contribution in [0.5, 0.6) is 0 Å². The molecule has 0 bridgehead atoms. The first-order chi connectivity index (χ1) is 12.7. The van der Waals surface area contributed by atoms with Crippen LogP contribution in [-0.2, 0) is 11.2 Å². The van der Waals surface area contributed by atoms with Gasteiger partial charge in [-0.1, -0.05) is 12.1 Å². The van der Waals surface area contributed by atoms with E-state index in [0.29, 0.717) is 32.1 Å². The summed E-state index contributed by atoms with van der Waals surface area (Å²) in [6.45, 7) is 0. The summed E-state index contributed by atoms with van der Waals surface area (Å²) < 4.78 is 0. The Morgan fingerprint density at radius 2 is 2.08 bits per heavy atom. The maximum absolute atomic E-state index is 12.5. The number of hydrogen-bond donors (Lipinski definition) is 1. The lowest BCUT2D eigenvalue weighted by atomic mass is 10.0. The molecule has 6 nitrogen and oxygen atoms in total. The smallest absolute Gasteiger partial charge is 0.220 e. The Morgan fingerprint density at radius 3 is 2.73 bits per heavy atom. The van der Waals surface area contributed by atoms with Crippen LogP contribution in [0.2, 0.25) is 0 Å². The fraction of sp³-hybridized carbons (Fsp3) is 0.350. The van der Waals surface area contributed by atoms with Gasteiger partial charge in [0.2, 0.25) is 5.91 Å². The molecular formula is C20H21N5O. The lowest BCUT2D eigenvalue weighted by molar-refractivity contribution is -0.122. The topological polar surface area (TPSA) is 79.6 Å². The molecular weight excluding hydrogens is 326 g/mol. The summed E-state index contributed by atoms with van der Waals surface area (Å²) in [5.41, 5.74) is 1.43. The van der Waals surface area contributed by atoms with Crippen LogP contribution in [0.3, 0.4) is 0 Å². The monoisotopic (exact) mass is 347 g/mol. The zero-order valence-electron chi connectivity index (χ0n) is 14.5. The molecule has 3 heterocycles. The Labute approximate surface area is 153 Å². The van der Waals surface area contributed by atoms with Gasteiger partial charge in [0.25, 0.3) is 0 Å². The number of carbonyl (C=O) groups excluding carboxylic acids is 1. The summed E-state index contributed by atoms with van der Waals surface area (Å²) in [7, 11) is 0. The molecule has 1 unspecified atom stereocenters. The van der Waals surface area contributed by atoms with E-state index in [2.05, 4.69) is 31.4 Å². The summed E-state index contributed by atoms with van der Waals surface area (Å²) in [5.74, 6) is 2.56. The Morgan fingerprint density at radius 1 is 1.19 bits per heavy atom. The molecule has 2 aromatic rings. The van der Waals surface area contributed by atoms with Gasteiger partial charge in [0.05, 0.1) is 6.04 Å². The molecule has 1 aliphatic heterocycles. The van der Waals surface area contributed by atoms with Crippen LogP contribution in [0.1, 0.15) is 43.0 Å². The highest BCUT2D eigenvalue weighted by atomic mass is 16.1. The minimum absolute atomic E-state index is 0.0350. The number of hydrogen-bond acceptors (Lipinski definition) is 5. The highest BCUT2D eigenvalue weighted by Gasteiger charge is 2.39. The van der Waals surface area contributed by atoms with Crippen molar-refractivity contribution >= 4 is 5.91 Å². The average molecular weight is 347 g/mol. The van der Waals surface area contributed by atoms with Gasteiger partial charge >= 0.3 is 0 Å². The minimum atomic E-state index is -0.436. The number of pyridine rings is 2. The third-order valence-corrected chi connectivity index (χ3v) is 4.37. The quantitative estimate of drug-likeness (QED) is 0.707. The molecule has 1 amide bonds. The van der Waals surface area contributed by atoms with E-state index >= 15 is 0 Å². The van der Waals surface area contributed by atoms with Crippen molar-refractivity contribution in [3.8, 4) is 12.3 Å². The standard InChI is InChI=1S/C20H21N5O/c1-2-3-10-20(24-25-20)11-9-19(26)23-18(16-7-6-12-21-15-16)14-17-8-4-5-13-22-17/h1,4-8,12-13,15,18H,3,9-11,14H2,(H,23,26). The van der Waals surface area contributed by atoms with Crippen molar-refractivity contribution in [1.82, 2.24) is 15.3 Å². The predicted octanol–water partition coefficient (Wildman–Crippen LogP) is 3.23. The molecule has 1 N–H and O–H groups in total. The molecule has 0 aliphatic carbocycles. The number of aromatic nitrogens is 2. The van der Waals surface area contributed by atoms with Crippen LogP contribution >= 0.6 is 0 Å². The number of nitrogens with zero attached hydrogens (tertiary/aromatic N) is 4. The van der Waals surface area contributed by atoms with E-state index < -0.39 is 5.66 Å². The van der Waals surface area contributed by atoms with Gasteiger partial charge in [-0.05, 0) is 23.8 Å². The van der Waals surface area contributed by atoms with Crippen LogP contribution in [0.15, 0.2) is 59.2 Å². The van der Waals surface area contributed by atoms with Gasteiger partial charge in [0.15, 0.2) is 5.66 Å². The fourth-order valence-corrected chi connectivity index (χ4v) is 2.81. The summed E-state index contributed by atoms with van der Waals surface area (Å²) in [4.78, 5) is 21.0. The van der Waals surface area contributed by atoms with E-state index in [1.54, 1.807) is 18.6 Å². The molecule has 1 atom stereocenters. The first-order valence-electron chi connectivity index (χ1n) is 8.67. The fourth-order valence-electron chi connectivity index (χ4n) is 2.81. The Kier molecular flexibility index (Phi) is 5.69. The van der Waals surface area contributed by atoms with Crippen LogP contribution in [0.25, 0.3) is 0 Å². The SMILES string of the molecule is C#CCCC1(CCC(=O)NC(Cc2ccccn2)c2cccnc2)N=N1. The molecule has 26 heavy (non-hydrogen) atoms. The van der Waals surface area contributed by atoms with Gasteiger partial charge in [-0.15, -0.1) is 12.3 Å².